The van der Waals surface area contributed by atoms with Crippen LogP contribution in [0.15, 0.2) is 72.2 Å². The molecule has 11 heteroatoms. The Bertz CT molecular complexity index is 1630. The van der Waals surface area contributed by atoms with Gasteiger partial charge >= 0.3 is 0 Å². The monoisotopic (exact) mass is 546 g/mol. The number of hydrogen-bond acceptors (Lipinski definition) is 7. The van der Waals surface area contributed by atoms with E-state index < -0.39 is 0 Å². The van der Waals surface area contributed by atoms with Gasteiger partial charge in [-0.15, -0.1) is 5.10 Å². The first-order valence-electron chi connectivity index (χ1n) is 12.2. The number of aryl methyl sites for hydroxylation is 1. The molecule has 5 rings (SSSR count). The van der Waals surface area contributed by atoms with Crippen LogP contribution >= 0.6 is 11.6 Å². The predicted octanol–water partition coefficient (Wildman–Crippen LogP) is 6.26. The minimum absolute atomic E-state index is 0.179. The summed E-state index contributed by atoms with van der Waals surface area (Å²) in [7, 11) is 3.53. The molecular formula is C28H28ClFN8O. The van der Waals surface area contributed by atoms with Crippen LogP contribution in [-0.4, -0.2) is 49.1 Å². The molecule has 39 heavy (non-hydrogen) atoms. The second-order valence-electron chi connectivity index (χ2n) is 8.32. The zero-order chi connectivity index (χ0) is 27.9. The molecule has 0 fully saturated rings. The average Bonchev–Trinajstić information content (AvgIpc) is 3.57. The van der Waals surface area contributed by atoms with E-state index in [1.54, 1.807) is 54.5 Å². The molecule has 0 saturated heterocycles. The molecule has 3 aromatic heterocycles. The first-order valence-corrected chi connectivity index (χ1v) is 12.6. The number of nitrogens with one attached hydrogen (secondary N) is 2. The van der Waals surface area contributed by atoms with E-state index in [9.17, 15) is 0 Å². The van der Waals surface area contributed by atoms with Crippen LogP contribution in [-0.2, 0) is 18.3 Å². The van der Waals surface area contributed by atoms with Gasteiger partial charge in [-0.2, -0.15) is 5.10 Å². The number of H-pyrrole nitrogens is 1. The Morgan fingerprint density at radius 2 is 2.03 bits per heavy atom. The second kappa shape index (κ2) is 12.3. The number of imidazole rings is 1. The molecule has 0 amide bonds. The van der Waals surface area contributed by atoms with Gasteiger partial charge in [0.25, 0.3) is 0 Å². The number of ether oxygens (including phenoxy) is 1. The van der Waals surface area contributed by atoms with Crippen LogP contribution in [0, 0.1) is 11.2 Å². The topological polar surface area (TPSA) is 108 Å². The van der Waals surface area contributed by atoms with E-state index in [1.807, 2.05) is 39.2 Å². The molecule has 5 aromatic rings. The summed E-state index contributed by atoms with van der Waals surface area (Å²) in [6.45, 7) is 4.18. The zero-order valence-corrected chi connectivity index (χ0v) is 22.7. The number of aromatic amines is 1. The van der Waals surface area contributed by atoms with E-state index >= 15 is 4.39 Å². The van der Waals surface area contributed by atoms with Crippen molar-refractivity contribution in [2.75, 3.05) is 7.05 Å². The van der Waals surface area contributed by atoms with Crippen molar-refractivity contribution in [3.8, 4) is 22.5 Å². The van der Waals surface area contributed by atoms with Gasteiger partial charge < -0.3 is 9.72 Å². The van der Waals surface area contributed by atoms with Gasteiger partial charge in [0, 0.05) is 48.2 Å². The second-order valence-corrected chi connectivity index (χ2v) is 8.75. The average molecular weight is 547 g/mol. The Hall–Kier alpha value is -4.57. The fourth-order valence-electron chi connectivity index (χ4n) is 3.94. The molecule has 9 nitrogen and oxygen atoms in total. The lowest BCUT2D eigenvalue weighted by atomic mass is 10.0. The van der Waals surface area contributed by atoms with Crippen molar-refractivity contribution in [2.45, 2.75) is 20.4 Å². The largest absolute Gasteiger partial charge is 0.426 e. The van der Waals surface area contributed by atoms with E-state index in [2.05, 4.69) is 25.2 Å². The number of fused-ring (bicyclic) bond motifs is 1. The molecule has 200 valence electrons. The van der Waals surface area contributed by atoms with Crippen molar-refractivity contribution in [1.82, 2.24) is 29.7 Å². The lowest BCUT2D eigenvalue weighted by Gasteiger charge is -2.16. The zero-order valence-electron chi connectivity index (χ0n) is 22.0. The van der Waals surface area contributed by atoms with Gasteiger partial charge in [0.15, 0.2) is 12.0 Å². The molecule has 0 saturated carbocycles. The lowest BCUT2D eigenvalue weighted by molar-refractivity contribution is 0.329. The highest BCUT2D eigenvalue weighted by Crippen LogP contribution is 2.30. The maximum absolute atomic E-state index is 15.2. The van der Waals surface area contributed by atoms with Crippen molar-refractivity contribution in [1.29, 1.82) is 5.41 Å². The van der Waals surface area contributed by atoms with E-state index in [1.165, 1.54) is 11.1 Å². The maximum Gasteiger partial charge on any atom is 0.244 e. The molecule has 0 atom stereocenters. The molecular weight excluding hydrogens is 519 g/mol. The van der Waals surface area contributed by atoms with Crippen LogP contribution in [0.3, 0.4) is 0 Å². The summed E-state index contributed by atoms with van der Waals surface area (Å²) < 4.78 is 22.2. The first-order chi connectivity index (χ1) is 18.9. The summed E-state index contributed by atoms with van der Waals surface area (Å²) in [6.07, 6.45) is 6.01. The first kappa shape index (κ1) is 27.5. The van der Waals surface area contributed by atoms with Crippen LogP contribution in [0.2, 0.25) is 5.02 Å². The van der Waals surface area contributed by atoms with E-state index in [4.69, 9.17) is 21.7 Å². The number of hydrazone groups is 1. The Labute approximate surface area is 230 Å². The number of rotatable bonds is 7. The van der Waals surface area contributed by atoms with Gasteiger partial charge in [-0.05, 0) is 35.9 Å². The van der Waals surface area contributed by atoms with Crippen LogP contribution < -0.4 is 0 Å². The van der Waals surface area contributed by atoms with E-state index in [0.29, 0.717) is 38.7 Å². The third kappa shape index (κ3) is 6.29. The predicted molar refractivity (Wildman–Crippen MR) is 152 cm³/mol. The lowest BCUT2D eigenvalue weighted by Crippen LogP contribution is -2.17. The van der Waals surface area contributed by atoms with Gasteiger partial charge in [-0.25, -0.2) is 14.4 Å². The SMILES string of the molecule is CC.CN(Cc1ccc(-c2ccnc3nc(-c4cnn(C)c4)[nH]c23)cc1F)/N=C(\OC=N)c1cccc(Cl)c1. The summed E-state index contributed by atoms with van der Waals surface area (Å²) in [5.41, 5.74) is 4.60. The fraction of sp³-hybridized carbons (Fsp3) is 0.179. The molecule has 2 N–H and O–H groups in total. The number of halogens is 2. The Morgan fingerprint density at radius 1 is 1.21 bits per heavy atom. The highest BCUT2D eigenvalue weighted by atomic mass is 35.5. The molecule has 0 spiro atoms. The molecule has 0 radical (unpaired) electrons. The smallest absolute Gasteiger partial charge is 0.244 e. The molecule has 0 aliphatic heterocycles. The normalized spacial score (nSPS) is 11.2. The van der Waals surface area contributed by atoms with Gasteiger partial charge in [0.2, 0.25) is 5.90 Å². The Morgan fingerprint density at radius 3 is 2.72 bits per heavy atom. The van der Waals surface area contributed by atoms with Gasteiger partial charge in [-0.3, -0.25) is 15.1 Å². The van der Waals surface area contributed by atoms with Crippen molar-refractivity contribution in [3.05, 3.63) is 89.1 Å². The molecule has 0 bridgehead atoms. The van der Waals surface area contributed by atoms with Crippen LogP contribution in [0.1, 0.15) is 25.0 Å². The van der Waals surface area contributed by atoms with Crippen molar-refractivity contribution in [3.63, 3.8) is 0 Å². The third-order valence-corrected chi connectivity index (χ3v) is 5.87. The number of benzene rings is 2. The summed E-state index contributed by atoms with van der Waals surface area (Å²) in [4.78, 5) is 12.2. The van der Waals surface area contributed by atoms with Gasteiger partial charge in [-0.1, -0.05) is 43.6 Å². The molecule has 0 aliphatic rings. The van der Waals surface area contributed by atoms with Crippen LogP contribution in [0.25, 0.3) is 33.7 Å². The number of hydrogen-bond donors (Lipinski definition) is 2. The highest BCUT2D eigenvalue weighted by Gasteiger charge is 2.15. The molecule has 0 aliphatic carbocycles. The van der Waals surface area contributed by atoms with E-state index in [0.717, 1.165) is 17.5 Å². The van der Waals surface area contributed by atoms with Crippen LogP contribution in [0.4, 0.5) is 4.39 Å². The highest BCUT2D eigenvalue weighted by molar-refractivity contribution is 6.31. The van der Waals surface area contributed by atoms with Gasteiger partial charge in [0.1, 0.15) is 11.6 Å². The van der Waals surface area contributed by atoms with Crippen LogP contribution in [0.5, 0.6) is 0 Å². The summed E-state index contributed by atoms with van der Waals surface area (Å²) >= 11 is 6.07. The molecule has 2 aromatic carbocycles. The van der Waals surface area contributed by atoms with E-state index in [-0.39, 0.29) is 18.3 Å². The summed E-state index contributed by atoms with van der Waals surface area (Å²) in [5, 5.41) is 17.9. The van der Waals surface area contributed by atoms with Gasteiger partial charge in [0.05, 0.1) is 23.8 Å². The number of nitrogens with zero attached hydrogens (tertiary/aromatic N) is 6. The quantitative estimate of drug-likeness (QED) is 0.142. The Balaban J connectivity index is 0.00000172. The van der Waals surface area contributed by atoms with Crippen molar-refractivity contribution in [2.24, 2.45) is 12.1 Å². The van der Waals surface area contributed by atoms with Crippen molar-refractivity contribution >= 4 is 35.1 Å². The summed E-state index contributed by atoms with van der Waals surface area (Å²) in [6, 6.07) is 13.8. The maximum atomic E-state index is 15.2. The molecule has 0 unspecified atom stereocenters. The van der Waals surface area contributed by atoms with Crippen molar-refractivity contribution < 1.29 is 9.13 Å². The minimum atomic E-state index is -0.381. The summed E-state index contributed by atoms with van der Waals surface area (Å²) in [5.74, 6) is 0.441. The minimum Gasteiger partial charge on any atom is -0.426 e. The number of aromatic nitrogens is 5. The number of pyridine rings is 1. The third-order valence-electron chi connectivity index (χ3n) is 5.64. The Kier molecular flexibility index (Phi) is 8.67. The standard InChI is InChI=1S/C26H22ClFN8O.C2H6/c1-35-14-19(12-31-35)24-32-23-21(8-9-30-25(23)33-24)16-6-7-18(22(28)11-16)13-36(2)34-26(37-15-29)17-4-3-5-20(27)10-17;1-2/h3-12,14-15,29H,13H2,1-2H3,(H,30,32,33);1-2H3/b29-15?,34-26-;. The molecule has 3 heterocycles. The fourth-order valence-corrected chi connectivity index (χ4v) is 4.13.